The summed E-state index contributed by atoms with van der Waals surface area (Å²) in [5.74, 6) is -0.459. The maximum Gasteiger partial charge on any atom is 0.341 e. The number of ether oxygens (including phenoxy) is 2. The van der Waals surface area contributed by atoms with Crippen LogP contribution in [-0.4, -0.2) is 24.7 Å². The lowest BCUT2D eigenvalue weighted by Crippen LogP contribution is -2.06. The van der Waals surface area contributed by atoms with Gasteiger partial charge in [0.25, 0.3) is 0 Å². The van der Waals surface area contributed by atoms with Gasteiger partial charge in [0.05, 0.1) is 29.3 Å². The molecule has 2 rings (SSSR count). The second-order valence-electron chi connectivity index (χ2n) is 3.99. The van der Waals surface area contributed by atoms with Gasteiger partial charge in [0.2, 0.25) is 0 Å². The minimum atomic E-state index is -0.459. The monoisotopic (exact) mass is 279 g/mol. The summed E-state index contributed by atoms with van der Waals surface area (Å²) in [6, 6.07) is 5.64. The normalized spacial score (nSPS) is 10.7. The summed E-state index contributed by atoms with van der Waals surface area (Å²) in [6.45, 7) is 2.53. The van der Waals surface area contributed by atoms with Crippen molar-refractivity contribution in [2.75, 3.05) is 13.7 Å². The fourth-order valence-electron chi connectivity index (χ4n) is 1.82. The minimum Gasteiger partial charge on any atom is -0.462 e. The van der Waals surface area contributed by atoms with Gasteiger partial charge in [-0.3, -0.25) is 4.98 Å². The largest absolute Gasteiger partial charge is 0.462 e. The second-order valence-corrected chi connectivity index (χ2v) is 4.37. The van der Waals surface area contributed by atoms with Crippen LogP contribution in [0.3, 0.4) is 0 Å². The van der Waals surface area contributed by atoms with E-state index < -0.39 is 5.97 Å². The Balaban J connectivity index is 2.52. The number of rotatable bonds is 4. The van der Waals surface area contributed by atoms with Crippen LogP contribution >= 0.6 is 11.6 Å². The minimum absolute atomic E-state index is 0.283. The third kappa shape index (κ3) is 2.85. The highest BCUT2D eigenvalue weighted by molar-refractivity contribution is 6.38. The number of fused-ring (bicyclic) bond motifs is 1. The van der Waals surface area contributed by atoms with Gasteiger partial charge in [0, 0.05) is 18.7 Å². The molecule has 0 amide bonds. The van der Waals surface area contributed by atoms with E-state index in [1.54, 1.807) is 14.0 Å². The van der Waals surface area contributed by atoms with Crippen molar-refractivity contribution in [3.8, 4) is 0 Å². The zero-order chi connectivity index (χ0) is 13.8. The molecule has 0 bridgehead atoms. The van der Waals surface area contributed by atoms with Gasteiger partial charge in [-0.15, -0.1) is 0 Å². The number of hydrogen-bond donors (Lipinski definition) is 0. The summed E-state index contributed by atoms with van der Waals surface area (Å²) in [5, 5.41) is 1.09. The molecule has 0 saturated carbocycles. The Bertz CT molecular complexity index is 613. The van der Waals surface area contributed by atoms with Gasteiger partial charge in [-0.25, -0.2) is 4.79 Å². The summed E-state index contributed by atoms with van der Waals surface area (Å²) in [5.41, 5.74) is 1.99. The number of carbonyl (C=O) groups is 1. The molecule has 1 aromatic heterocycles. The van der Waals surface area contributed by atoms with E-state index in [0.29, 0.717) is 18.2 Å². The smallest absolute Gasteiger partial charge is 0.341 e. The number of pyridine rings is 1. The summed E-state index contributed by atoms with van der Waals surface area (Å²) >= 11 is 6.26. The van der Waals surface area contributed by atoms with Crippen LogP contribution in [0, 0.1) is 0 Å². The van der Waals surface area contributed by atoms with Gasteiger partial charge in [-0.1, -0.05) is 17.7 Å². The quantitative estimate of drug-likeness (QED) is 0.807. The molecule has 19 heavy (non-hydrogen) atoms. The van der Waals surface area contributed by atoms with Crippen molar-refractivity contribution in [2.24, 2.45) is 0 Å². The van der Waals surface area contributed by atoms with E-state index in [1.807, 2.05) is 18.2 Å². The topological polar surface area (TPSA) is 48.4 Å². The molecule has 0 atom stereocenters. The van der Waals surface area contributed by atoms with Gasteiger partial charge in [0.1, 0.15) is 0 Å². The number of benzene rings is 1. The molecule has 2 aromatic rings. The first-order valence-corrected chi connectivity index (χ1v) is 6.28. The first kappa shape index (κ1) is 13.8. The Kier molecular flexibility index (Phi) is 4.35. The van der Waals surface area contributed by atoms with E-state index >= 15 is 0 Å². The Labute approximate surface area is 116 Å². The van der Waals surface area contributed by atoms with Crippen molar-refractivity contribution in [3.05, 3.63) is 40.5 Å². The summed E-state index contributed by atoms with van der Waals surface area (Å²) in [4.78, 5) is 16.0. The van der Waals surface area contributed by atoms with Crippen molar-refractivity contribution in [3.63, 3.8) is 0 Å². The van der Waals surface area contributed by atoms with Crippen LogP contribution in [0.25, 0.3) is 10.9 Å². The highest BCUT2D eigenvalue weighted by Gasteiger charge is 2.15. The van der Waals surface area contributed by atoms with Gasteiger partial charge in [-0.05, 0) is 24.6 Å². The molecule has 0 aliphatic carbocycles. The first-order chi connectivity index (χ1) is 9.17. The molecule has 0 aliphatic rings. The van der Waals surface area contributed by atoms with Crippen molar-refractivity contribution in [2.45, 2.75) is 13.5 Å². The number of carbonyl (C=O) groups excluding carboxylic acids is 1. The lowest BCUT2D eigenvalue weighted by molar-refractivity contribution is 0.0526. The molecule has 100 valence electrons. The summed E-state index contributed by atoms with van der Waals surface area (Å²) in [7, 11) is 1.62. The Morgan fingerprint density at radius 1 is 1.42 bits per heavy atom. The molecule has 0 spiro atoms. The molecule has 0 radical (unpaired) electrons. The summed E-state index contributed by atoms with van der Waals surface area (Å²) < 4.78 is 10.0. The molecule has 0 fully saturated rings. The van der Waals surface area contributed by atoms with E-state index in [0.717, 1.165) is 16.5 Å². The number of nitrogens with zero attached hydrogens (tertiary/aromatic N) is 1. The number of esters is 1. The Hall–Kier alpha value is -1.65. The number of aromatic nitrogens is 1. The standard InChI is InChI=1S/C14H14ClNO3/c1-3-19-14(17)11-7-16-12-5-4-9(8-18-2)6-10(12)13(11)15/h4-7H,3,8H2,1-2H3. The first-order valence-electron chi connectivity index (χ1n) is 5.90. The third-order valence-corrected chi connectivity index (χ3v) is 3.08. The zero-order valence-corrected chi connectivity index (χ0v) is 11.5. The van der Waals surface area contributed by atoms with Gasteiger partial charge >= 0.3 is 5.97 Å². The molecular weight excluding hydrogens is 266 g/mol. The molecule has 0 N–H and O–H groups in total. The lowest BCUT2D eigenvalue weighted by atomic mass is 10.1. The molecule has 0 saturated heterocycles. The van der Waals surface area contributed by atoms with Crippen LogP contribution in [0.5, 0.6) is 0 Å². The fourth-order valence-corrected chi connectivity index (χ4v) is 2.09. The molecule has 0 unspecified atom stereocenters. The maximum atomic E-state index is 11.7. The average molecular weight is 280 g/mol. The average Bonchev–Trinajstić information content (AvgIpc) is 2.40. The predicted octanol–water partition coefficient (Wildman–Crippen LogP) is 3.21. The molecule has 1 heterocycles. The predicted molar refractivity (Wildman–Crippen MR) is 73.4 cm³/mol. The number of halogens is 1. The van der Waals surface area contributed by atoms with E-state index in [9.17, 15) is 4.79 Å². The van der Waals surface area contributed by atoms with Crippen LogP contribution in [0.4, 0.5) is 0 Å². The highest BCUT2D eigenvalue weighted by Crippen LogP contribution is 2.27. The Morgan fingerprint density at radius 2 is 2.21 bits per heavy atom. The van der Waals surface area contributed by atoms with Gasteiger partial charge in [0.15, 0.2) is 0 Å². The Morgan fingerprint density at radius 3 is 2.89 bits per heavy atom. The molecule has 1 aromatic carbocycles. The van der Waals surface area contributed by atoms with Crippen LogP contribution in [0.2, 0.25) is 5.02 Å². The molecule has 4 nitrogen and oxygen atoms in total. The highest BCUT2D eigenvalue weighted by atomic mass is 35.5. The van der Waals surface area contributed by atoms with Crippen LogP contribution in [0.1, 0.15) is 22.8 Å². The van der Waals surface area contributed by atoms with E-state index in [1.165, 1.54) is 6.20 Å². The van der Waals surface area contributed by atoms with E-state index in [2.05, 4.69) is 4.98 Å². The molecular formula is C14H14ClNO3. The summed E-state index contributed by atoms with van der Waals surface area (Å²) in [6.07, 6.45) is 1.44. The van der Waals surface area contributed by atoms with Crippen molar-refractivity contribution < 1.29 is 14.3 Å². The third-order valence-electron chi connectivity index (χ3n) is 2.67. The van der Waals surface area contributed by atoms with Crippen molar-refractivity contribution in [1.82, 2.24) is 4.98 Å². The molecule has 5 heteroatoms. The van der Waals surface area contributed by atoms with Crippen LogP contribution in [0.15, 0.2) is 24.4 Å². The fraction of sp³-hybridized carbons (Fsp3) is 0.286. The zero-order valence-electron chi connectivity index (χ0n) is 10.8. The molecule has 0 aliphatic heterocycles. The van der Waals surface area contributed by atoms with E-state index in [-0.39, 0.29) is 5.56 Å². The van der Waals surface area contributed by atoms with Gasteiger partial charge in [-0.2, -0.15) is 0 Å². The van der Waals surface area contributed by atoms with E-state index in [4.69, 9.17) is 21.1 Å². The number of hydrogen-bond acceptors (Lipinski definition) is 4. The van der Waals surface area contributed by atoms with Gasteiger partial charge < -0.3 is 9.47 Å². The second kappa shape index (κ2) is 5.99. The van der Waals surface area contributed by atoms with Crippen molar-refractivity contribution in [1.29, 1.82) is 0 Å². The van der Waals surface area contributed by atoms with Crippen molar-refractivity contribution >= 4 is 28.5 Å². The lowest BCUT2D eigenvalue weighted by Gasteiger charge is -2.08. The maximum absolute atomic E-state index is 11.7. The van der Waals surface area contributed by atoms with Crippen LogP contribution in [-0.2, 0) is 16.1 Å². The van der Waals surface area contributed by atoms with Crippen LogP contribution < -0.4 is 0 Å². The SMILES string of the molecule is CCOC(=O)c1cnc2ccc(COC)cc2c1Cl. The number of methoxy groups -OCH3 is 1.